The molecule has 0 radical (unpaired) electrons. The Morgan fingerprint density at radius 3 is 2.62 bits per heavy atom. The summed E-state index contributed by atoms with van der Waals surface area (Å²) in [7, 11) is 0. The Hall–Kier alpha value is -3.20. The standard InChI is InChI=1S/C17H15N5O3S/c1-11(14(23)19-20-15(24)12-6-3-2-4-7-12)26-17-22-21-16(25-17)13-8-5-9-18-10-13/h2-11H,1H3,(H,19,23)(H,20,24)/t11-/m0/s1. The van der Waals surface area contributed by atoms with E-state index in [4.69, 9.17) is 4.42 Å². The maximum absolute atomic E-state index is 12.1. The molecule has 8 nitrogen and oxygen atoms in total. The summed E-state index contributed by atoms with van der Waals surface area (Å²) in [6.07, 6.45) is 3.25. The van der Waals surface area contributed by atoms with Gasteiger partial charge in [0.25, 0.3) is 17.0 Å². The lowest BCUT2D eigenvalue weighted by Gasteiger charge is -2.10. The fraction of sp³-hybridized carbons (Fsp3) is 0.118. The molecule has 0 saturated carbocycles. The molecule has 0 bridgehead atoms. The van der Waals surface area contributed by atoms with Crippen molar-refractivity contribution in [2.24, 2.45) is 0 Å². The number of benzene rings is 1. The van der Waals surface area contributed by atoms with Gasteiger partial charge in [0.05, 0.1) is 10.8 Å². The summed E-state index contributed by atoms with van der Waals surface area (Å²) in [4.78, 5) is 28.0. The van der Waals surface area contributed by atoms with Crippen molar-refractivity contribution in [3.63, 3.8) is 0 Å². The van der Waals surface area contributed by atoms with Gasteiger partial charge in [0.15, 0.2) is 0 Å². The van der Waals surface area contributed by atoms with Crippen LogP contribution < -0.4 is 10.9 Å². The van der Waals surface area contributed by atoms with Crippen molar-refractivity contribution >= 4 is 23.6 Å². The Morgan fingerprint density at radius 2 is 1.88 bits per heavy atom. The van der Waals surface area contributed by atoms with Crippen LogP contribution >= 0.6 is 11.8 Å². The number of aromatic nitrogens is 3. The Morgan fingerprint density at radius 1 is 1.08 bits per heavy atom. The minimum Gasteiger partial charge on any atom is -0.411 e. The minimum atomic E-state index is -0.548. The molecule has 2 amide bonds. The van der Waals surface area contributed by atoms with E-state index in [1.54, 1.807) is 61.8 Å². The van der Waals surface area contributed by atoms with Crippen LogP contribution in [0.1, 0.15) is 17.3 Å². The van der Waals surface area contributed by atoms with Crippen LogP contribution in [0.25, 0.3) is 11.5 Å². The smallest absolute Gasteiger partial charge is 0.277 e. The topological polar surface area (TPSA) is 110 Å². The fourth-order valence-corrected chi connectivity index (χ4v) is 2.63. The molecular formula is C17H15N5O3S. The van der Waals surface area contributed by atoms with Gasteiger partial charge in [0.2, 0.25) is 5.89 Å². The maximum Gasteiger partial charge on any atom is 0.277 e. The molecule has 0 aliphatic heterocycles. The molecule has 2 heterocycles. The largest absolute Gasteiger partial charge is 0.411 e. The second kappa shape index (κ2) is 8.26. The first-order valence-electron chi connectivity index (χ1n) is 7.69. The average Bonchev–Trinajstić information content (AvgIpc) is 3.15. The Kier molecular flexibility index (Phi) is 5.59. The molecular weight excluding hydrogens is 354 g/mol. The third-order valence-corrected chi connectivity index (χ3v) is 4.23. The van der Waals surface area contributed by atoms with Gasteiger partial charge >= 0.3 is 0 Å². The molecule has 3 rings (SSSR count). The number of rotatable bonds is 5. The molecule has 9 heteroatoms. The van der Waals surface area contributed by atoms with E-state index in [1.165, 1.54) is 0 Å². The molecule has 2 aromatic heterocycles. The van der Waals surface area contributed by atoms with Crippen LogP contribution in [-0.4, -0.2) is 32.2 Å². The van der Waals surface area contributed by atoms with Crippen LogP contribution in [0.5, 0.6) is 0 Å². The highest BCUT2D eigenvalue weighted by Gasteiger charge is 2.19. The highest BCUT2D eigenvalue weighted by molar-refractivity contribution is 8.00. The van der Waals surface area contributed by atoms with Crippen LogP contribution in [0.15, 0.2) is 64.5 Å². The SMILES string of the molecule is C[C@H](Sc1nnc(-c2cccnc2)o1)C(=O)NNC(=O)c1ccccc1. The molecule has 132 valence electrons. The zero-order chi connectivity index (χ0) is 18.4. The predicted molar refractivity (Wildman–Crippen MR) is 94.9 cm³/mol. The molecule has 0 saturated heterocycles. The normalized spacial score (nSPS) is 11.6. The van der Waals surface area contributed by atoms with Gasteiger partial charge in [-0.25, -0.2) is 0 Å². The number of pyridine rings is 1. The number of thioether (sulfide) groups is 1. The number of hydrogen-bond donors (Lipinski definition) is 2. The number of nitrogens with zero attached hydrogens (tertiary/aromatic N) is 3. The molecule has 2 N–H and O–H groups in total. The molecule has 26 heavy (non-hydrogen) atoms. The highest BCUT2D eigenvalue weighted by Crippen LogP contribution is 2.25. The van der Waals surface area contributed by atoms with E-state index >= 15 is 0 Å². The van der Waals surface area contributed by atoms with Gasteiger partial charge in [0, 0.05) is 18.0 Å². The third-order valence-electron chi connectivity index (χ3n) is 3.30. The average molecular weight is 369 g/mol. The number of nitrogens with one attached hydrogen (secondary N) is 2. The Bertz CT molecular complexity index is 886. The van der Waals surface area contributed by atoms with Crippen LogP contribution in [-0.2, 0) is 4.79 Å². The molecule has 0 fully saturated rings. The minimum absolute atomic E-state index is 0.251. The van der Waals surface area contributed by atoms with E-state index in [2.05, 4.69) is 26.0 Å². The number of carbonyl (C=O) groups excluding carboxylic acids is 2. The van der Waals surface area contributed by atoms with Crippen LogP contribution in [0.2, 0.25) is 0 Å². The van der Waals surface area contributed by atoms with E-state index < -0.39 is 11.2 Å². The number of hydrogen-bond acceptors (Lipinski definition) is 7. The fourth-order valence-electron chi connectivity index (χ4n) is 1.95. The monoisotopic (exact) mass is 369 g/mol. The molecule has 1 atom stereocenters. The van der Waals surface area contributed by atoms with E-state index in [-0.39, 0.29) is 11.1 Å². The van der Waals surface area contributed by atoms with Crippen molar-refractivity contribution in [1.29, 1.82) is 0 Å². The Balaban J connectivity index is 1.53. The molecule has 0 aliphatic carbocycles. The van der Waals surface area contributed by atoms with Gasteiger partial charge in [-0.15, -0.1) is 10.2 Å². The summed E-state index contributed by atoms with van der Waals surface area (Å²) >= 11 is 1.09. The van der Waals surface area contributed by atoms with Crippen molar-refractivity contribution in [2.45, 2.75) is 17.4 Å². The second-order valence-corrected chi connectivity index (χ2v) is 6.48. The van der Waals surface area contributed by atoms with Crippen LogP contribution in [0.4, 0.5) is 0 Å². The van der Waals surface area contributed by atoms with Gasteiger partial charge in [-0.1, -0.05) is 30.0 Å². The first-order valence-corrected chi connectivity index (χ1v) is 8.57. The van der Waals surface area contributed by atoms with Crippen molar-refractivity contribution in [2.75, 3.05) is 0 Å². The summed E-state index contributed by atoms with van der Waals surface area (Å²) in [5.74, 6) is -0.459. The Labute approximate surface area is 153 Å². The van der Waals surface area contributed by atoms with E-state index in [0.29, 0.717) is 17.0 Å². The number of carbonyl (C=O) groups is 2. The zero-order valence-corrected chi connectivity index (χ0v) is 14.6. The van der Waals surface area contributed by atoms with Gasteiger partial charge in [-0.3, -0.25) is 25.4 Å². The van der Waals surface area contributed by atoms with Crippen molar-refractivity contribution in [1.82, 2.24) is 26.0 Å². The molecule has 0 spiro atoms. The summed E-state index contributed by atoms with van der Waals surface area (Å²) in [5.41, 5.74) is 5.89. The van der Waals surface area contributed by atoms with Crippen LogP contribution in [0, 0.1) is 0 Å². The first kappa shape index (κ1) is 17.6. The lowest BCUT2D eigenvalue weighted by Crippen LogP contribution is -2.44. The summed E-state index contributed by atoms with van der Waals surface area (Å²) in [5, 5.41) is 7.55. The lowest BCUT2D eigenvalue weighted by atomic mass is 10.2. The van der Waals surface area contributed by atoms with E-state index in [1.807, 2.05) is 0 Å². The van der Waals surface area contributed by atoms with E-state index in [0.717, 1.165) is 11.8 Å². The first-order chi connectivity index (χ1) is 12.6. The molecule has 0 unspecified atom stereocenters. The van der Waals surface area contributed by atoms with Gasteiger partial charge in [-0.2, -0.15) is 0 Å². The van der Waals surface area contributed by atoms with Crippen molar-refractivity contribution < 1.29 is 14.0 Å². The third kappa shape index (κ3) is 4.45. The highest BCUT2D eigenvalue weighted by atomic mass is 32.2. The number of amides is 2. The van der Waals surface area contributed by atoms with Crippen molar-refractivity contribution in [3.05, 3.63) is 60.4 Å². The van der Waals surface area contributed by atoms with Crippen LogP contribution in [0.3, 0.4) is 0 Å². The lowest BCUT2D eigenvalue weighted by molar-refractivity contribution is -0.121. The van der Waals surface area contributed by atoms with Crippen molar-refractivity contribution in [3.8, 4) is 11.5 Å². The molecule has 0 aliphatic rings. The zero-order valence-electron chi connectivity index (χ0n) is 13.7. The summed E-state index contributed by atoms with van der Waals surface area (Å²) in [6.45, 7) is 1.67. The number of hydrazine groups is 1. The molecule has 3 aromatic rings. The van der Waals surface area contributed by atoms with Gasteiger partial charge in [0.1, 0.15) is 0 Å². The maximum atomic E-state index is 12.1. The summed E-state index contributed by atoms with van der Waals surface area (Å²) in [6, 6.07) is 12.1. The predicted octanol–water partition coefficient (Wildman–Crippen LogP) is 2.07. The summed E-state index contributed by atoms with van der Waals surface area (Å²) < 4.78 is 5.52. The molecule has 1 aromatic carbocycles. The second-order valence-electron chi connectivity index (χ2n) is 5.18. The quantitative estimate of drug-likeness (QED) is 0.523. The van der Waals surface area contributed by atoms with Gasteiger partial charge in [-0.05, 0) is 31.2 Å². The van der Waals surface area contributed by atoms with Gasteiger partial charge < -0.3 is 4.42 Å². The van der Waals surface area contributed by atoms with E-state index in [9.17, 15) is 9.59 Å².